The van der Waals surface area contributed by atoms with Crippen LogP contribution >= 0.6 is 23.2 Å². The summed E-state index contributed by atoms with van der Waals surface area (Å²) < 4.78 is 0. The van der Waals surface area contributed by atoms with E-state index in [1.165, 1.54) is 0 Å². The third-order valence-electron chi connectivity index (χ3n) is 3.14. The summed E-state index contributed by atoms with van der Waals surface area (Å²) in [5.41, 5.74) is 0.433. The molecule has 0 radical (unpaired) electrons. The summed E-state index contributed by atoms with van der Waals surface area (Å²) in [5.74, 6) is 0. The lowest BCUT2D eigenvalue weighted by molar-refractivity contribution is 0.0766. The zero-order chi connectivity index (χ0) is 13.2. The summed E-state index contributed by atoms with van der Waals surface area (Å²) in [6.07, 6.45) is 0.540. The largest absolute Gasteiger partial charge is 0.380 e. The van der Waals surface area contributed by atoms with Crippen molar-refractivity contribution in [2.24, 2.45) is 0 Å². The molecule has 1 nitrogen and oxygen atoms in total. The van der Waals surface area contributed by atoms with Gasteiger partial charge in [-0.1, -0.05) is 66.5 Å². The first-order valence-corrected chi connectivity index (χ1v) is 6.57. The van der Waals surface area contributed by atoms with Gasteiger partial charge in [-0.05, 0) is 24.1 Å². The molecule has 0 saturated heterocycles. The smallest absolute Gasteiger partial charge is 0.116 e. The van der Waals surface area contributed by atoms with E-state index in [1.807, 2.05) is 37.3 Å². The number of rotatable bonds is 3. The van der Waals surface area contributed by atoms with Crippen molar-refractivity contribution < 1.29 is 5.11 Å². The summed E-state index contributed by atoms with van der Waals surface area (Å²) in [7, 11) is 0. The molecule has 1 unspecified atom stereocenters. The molecule has 0 bridgehead atoms. The third-order valence-corrected chi connectivity index (χ3v) is 3.69. The van der Waals surface area contributed by atoms with Gasteiger partial charge in [-0.3, -0.25) is 0 Å². The summed E-state index contributed by atoms with van der Waals surface area (Å²) in [6.45, 7) is 1.93. The minimum absolute atomic E-state index is 0.482. The Bertz CT molecular complexity index is 539. The van der Waals surface area contributed by atoms with Crippen LogP contribution in [0, 0.1) is 0 Å². The maximum atomic E-state index is 10.9. The second kappa shape index (κ2) is 5.31. The predicted octanol–water partition coefficient (Wildman–Crippen LogP) is 4.64. The average molecular weight is 281 g/mol. The molecule has 94 valence electrons. The first-order valence-electron chi connectivity index (χ1n) is 5.81. The lowest BCUT2D eigenvalue weighted by Crippen LogP contribution is -2.26. The Kier molecular flexibility index (Phi) is 3.96. The van der Waals surface area contributed by atoms with Gasteiger partial charge in [0.05, 0.1) is 0 Å². The van der Waals surface area contributed by atoms with Crippen molar-refractivity contribution in [1.82, 2.24) is 0 Å². The van der Waals surface area contributed by atoms with E-state index in [0.717, 1.165) is 5.56 Å². The van der Waals surface area contributed by atoms with Gasteiger partial charge in [0.25, 0.3) is 0 Å². The zero-order valence-corrected chi connectivity index (χ0v) is 11.5. The first kappa shape index (κ1) is 13.4. The molecule has 0 amide bonds. The molecular weight excluding hydrogens is 267 g/mol. The van der Waals surface area contributed by atoms with Gasteiger partial charge in [0.15, 0.2) is 0 Å². The number of hydrogen-bond acceptors (Lipinski definition) is 1. The first-order chi connectivity index (χ1) is 8.58. The van der Waals surface area contributed by atoms with Crippen molar-refractivity contribution in [3.63, 3.8) is 0 Å². The fraction of sp³-hybridized carbons (Fsp3) is 0.200. The van der Waals surface area contributed by atoms with Crippen LogP contribution in [-0.2, 0) is 5.60 Å². The highest BCUT2D eigenvalue weighted by Crippen LogP contribution is 2.37. The van der Waals surface area contributed by atoms with Gasteiger partial charge in [0.2, 0.25) is 0 Å². The van der Waals surface area contributed by atoms with Crippen molar-refractivity contribution >= 4 is 23.2 Å². The molecule has 2 aromatic carbocycles. The number of halogens is 2. The van der Waals surface area contributed by atoms with Crippen molar-refractivity contribution in [1.29, 1.82) is 0 Å². The Morgan fingerprint density at radius 3 is 2.28 bits per heavy atom. The molecular formula is C15H14Cl2O. The number of benzene rings is 2. The average Bonchev–Trinajstić information content (AvgIpc) is 2.39. The van der Waals surface area contributed by atoms with E-state index in [-0.39, 0.29) is 0 Å². The minimum atomic E-state index is -1.08. The molecule has 0 spiro atoms. The maximum Gasteiger partial charge on any atom is 0.116 e. The van der Waals surface area contributed by atoms with E-state index in [0.29, 0.717) is 22.0 Å². The van der Waals surface area contributed by atoms with Crippen LogP contribution in [0.15, 0.2) is 48.5 Å². The third kappa shape index (κ3) is 2.39. The topological polar surface area (TPSA) is 20.2 Å². The minimum Gasteiger partial charge on any atom is -0.380 e. The lowest BCUT2D eigenvalue weighted by Gasteiger charge is -2.29. The van der Waals surface area contributed by atoms with Crippen LogP contribution in [-0.4, -0.2) is 5.11 Å². The SMILES string of the molecule is CCC(O)(c1ccccc1)c1ccc(Cl)cc1Cl. The fourth-order valence-electron chi connectivity index (χ4n) is 2.09. The van der Waals surface area contributed by atoms with Crippen molar-refractivity contribution in [3.05, 3.63) is 69.7 Å². The molecule has 0 aliphatic rings. The Morgan fingerprint density at radius 1 is 1.06 bits per heavy atom. The Morgan fingerprint density at radius 2 is 1.72 bits per heavy atom. The van der Waals surface area contributed by atoms with Gasteiger partial charge >= 0.3 is 0 Å². The van der Waals surface area contributed by atoms with Gasteiger partial charge in [0.1, 0.15) is 5.60 Å². The van der Waals surface area contributed by atoms with Crippen LogP contribution in [0.3, 0.4) is 0 Å². The lowest BCUT2D eigenvalue weighted by atomic mass is 9.84. The fourth-order valence-corrected chi connectivity index (χ4v) is 2.65. The van der Waals surface area contributed by atoms with Crippen LogP contribution < -0.4 is 0 Å². The van der Waals surface area contributed by atoms with E-state index >= 15 is 0 Å². The molecule has 2 rings (SSSR count). The molecule has 0 aromatic heterocycles. The van der Waals surface area contributed by atoms with Gasteiger partial charge < -0.3 is 5.11 Å². The molecule has 3 heteroatoms. The second-order valence-corrected chi connectivity index (χ2v) is 5.05. The molecule has 0 saturated carbocycles. The second-order valence-electron chi connectivity index (χ2n) is 4.20. The molecule has 1 atom stereocenters. The monoisotopic (exact) mass is 280 g/mol. The standard InChI is InChI=1S/C15H14Cl2O/c1-2-15(18,11-6-4-3-5-7-11)13-9-8-12(16)10-14(13)17/h3-10,18H,2H2,1H3. The zero-order valence-electron chi connectivity index (χ0n) is 10.0. The summed E-state index contributed by atoms with van der Waals surface area (Å²) in [6, 6.07) is 14.7. The van der Waals surface area contributed by atoms with E-state index in [9.17, 15) is 5.11 Å². The number of aliphatic hydroxyl groups is 1. The highest BCUT2D eigenvalue weighted by molar-refractivity contribution is 6.35. The van der Waals surface area contributed by atoms with E-state index in [1.54, 1.807) is 18.2 Å². The van der Waals surface area contributed by atoms with Gasteiger partial charge in [-0.25, -0.2) is 0 Å². The molecule has 2 aromatic rings. The molecule has 0 heterocycles. The van der Waals surface area contributed by atoms with E-state index < -0.39 is 5.60 Å². The highest BCUT2D eigenvalue weighted by atomic mass is 35.5. The van der Waals surface area contributed by atoms with Crippen LogP contribution in [0.1, 0.15) is 24.5 Å². The van der Waals surface area contributed by atoms with Crippen LogP contribution in [0.5, 0.6) is 0 Å². The van der Waals surface area contributed by atoms with E-state index in [4.69, 9.17) is 23.2 Å². The molecule has 0 aliphatic heterocycles. The molecule has 18 heavy (non-hydrogen) atoms. The van der Waals surface area contributed by atoms with Crippen LogP contribution in [0.2, 0.25) is 10.0 Å². The molecule has 0 aliphatic carbocycles. The molecule has 0 fully saturated rings. The summed E-state index contributed by atoms with van der Waals surface area (Å²) in [5, 5.41) is 12.0. The van der Waals surface area contributed by atoms with Crippen LogP contribution in [0.25, 0.3) is 0 Å². The Hall–Kier alpha value is -1.02. The normalized spacial score (nSPS) is 14.2. The van der Waals surface area contributed by atoms with Crippen LogP contribution in [0.4, 0.5) is 0 Å². The van der Waals surface area contributed by atoms with Crippen molar-refractivity contribution in [3.8, 4) is 0 Å². The highest BCUT2D eigenvalue weighted by Gasteiger charge is 2.31. The molecule has 1 N–H and O–H groups in total. The number of hydrogen-bond donors (Lipinski definition) is 1. The van der Waals surface area contributed by atoms with Gasteiger partial charge in [0, 0.05) is 15.6 Å². The quantitative estimate of drug-likeness (QED) is 0.869. The van der Waals surface area contributed by atoms with E-state index in [2.05, 4.69) is 0 Å². The predicted molar refractivity (Wildman–Crippen MR) is 76.2 cm³/mol. The van der Waals surface area contributed by atoms with Gasteiger partial charge in [-0.15, -0.1) is 0 Å². The van der Waals surface area contributed by atoms with Crippen molar-refractivity contribution in [2.75, 3.05) is 0 Å². The summed E-state index contributed by atoms with van der Waals surface area (Å²) >= 11 is 12.1. The Balaban J connectivity index is 2.57. The maximum absolute atomic E-state index is 10.9. The summed E-state index contributed by atoms with van der Waals surface area (Å²) in [4.78, 5) is 0. The van der Waals surface area contributed by atoms with Crippen molar-refractivity contribution in [2.45, 2.75) is 18.9 Å². The Labute approximate surface area is 117 Å². The van der Waals surface area contributed by atoms with Gasteiger partial charge in [-0.2, -0.15) is 0 Å².